The molecule has 4 nitrogen and oxygen atoms in total. The number of hydrogen-bond acceptors (Lipinski definition) is 4. The molecule has 0 unspecified atom stereocenters. The van der Waals surface area contributed by atoms with Crippen LogP contribution in [0.2, 0.25) is 0 Å². The highest BCUT2D eigenvalue weighted by Gasteiger charge is 2.00. The van der Waals surface area contributed by atoms with Crippen LogP contribution in [0.1, 0.15) is 0 Å². The third-order valence-corrected chi connectivity index (χ3v) is 3.24. The first-order chi connectivity index (χ1) is 8.25. The van der Waals surface area contributed by atoms with Crippen molar-refractivity contribution in [1.29, 1.82) is 0 Å². The van der Waals surface area contributed by atoms with Gasteiger partial charge in [-0.1, -0.05) is 17.8 Å². The van der Waals surface area contributed by atoms with E-state index in [0.717, 1.165) is 22.3 Å². The zero-order valence-electron chi connectivity index (χ0n) is 9.67. The normalized spacial score (nSPS) is 10.4. The van der Waals surface area contributed by atoms with Gasteiger partial charge in [0.15, 0.2) is 5.16 Å². The van der Waals surface area contributed by atoms with Crippen LogP contribution in [0.15, 0.2) is 41.8 Å². The molecule has 2 aromatic rings. The van der Waals surface area contributed by atoms with Crippen molar-refractivity contribution >= 4 is 17.4 Å². The number of aromatic nitrogens is 2. The quantitative estimate of drug-likeness (QED) is 0.501. The van der Waals surface area contributed by atoms with E-state index in [1.807, 2.05) is 42.1 Å². The lowest BCUT2D eigenvalue weighted by atomic mass is 10.3. The first kappa shape index (κ1) is 11.9. The van der Waals surface area contributed by atoms with Crippen LogP contribution >= 0.6 is 11.8 Å². The minimum atomic E-state index is 0.640. The first-order valence-corrected chi connectivity index (χ1v) is 6.33. The Morgan fingerprint density at radius 1 is 1.47 bits per heavy atom. The molecule has 2 rings (SSSR count). The van der Waals surface area contributed by atoms with Crippen molar-refractivity contribution in [2.75, 3.05) is 18.1 Å². The average Bonchev–Trinajstić information content (AvgIpc) is 2.71. The highest BCUT2D eigenvalue weighted by molar-refractivity contribution is 7.99. The Hall–Kier alpha value is -1.62. The third-order valence-electron chi connectivity index (χ3n) is 2.22. The van der Waals surface area contributed by atoms with Crippen molar-refractivity contribution in [1.82, 2.24) is 9.55 Å². The Morgan fingerprint density at radius 3 is 3.06 bits per heavy atom. The number of hydrogen-bond donors (Lipinski definition) is 1. The highest BCUT2D eigenvalue weighted by atomic mass is 32.2. The van der Waals surface area contributed by atoms with Gasteiger partial charge >= 0.3 is 0 Å². The van der Waals surface area contributed by atoms with Crippen molar-refractivity contribution in [3.05, 3.63) is 36.7 Å². The van der Waals surface area contributed by atoms with Crippen LogP contribution in [0.25, 0.3) is 0 Å². The van der Waals surface area contributed by atoms with Gasteiger partial charge in [-0.05, 0) is 12.1 Å². The minimum Gasteiger partial charge on any atom is -0.493 e. The number of rotatable bonds is 5. The maximum atomic E-state index is 5.66. The van der Waals surface area contributed by atoms with E-state index in [1.165, 1.54) is 0 Å². The predicted molar refractivity (Wildman–Crippen MR) is 70.3 cm³/mol. The van der Waals surface area contributed by atoms with E-state index in [0.29, 0.717) is 6.61 Å². The third kappa shape index (κ3) is 3.42. The molecule has 0 amide bonds. The summed E-state index contributed by atoms with van der Waals surface area (Å²) in [5, 5.41) is 1.00. The van der Waals surface area contributed by atoms with E-state index in [2.05, 4.69) is 4.98 Å². The molecule has 2 N–H and O–H groups in total. The summed E-state index contributed by atoms with van der Waals surface area (Å²) in [6.45, 7) is 0.640. The molecule has 5 heteroatoms. The molecule has 1 aromatic carbocycles. The van der Waals surface area contributed by atoms with Gasteiger partial charge < -0.3 is 15.0 Å². The number of ether oxygens (including phenoxy) is 1. The lowest BCUT2D eigenvalue weighted by Gasteiger charge is -2.06. The molecule has 0 saturated heterocycles. The Balaban J connectivity index is 1.75. The molecule has 0 bridgehead atoms. The summed E-state index contributed by atoms with van der Waals surface area (Å²) in [5.74, 6) is 1.67. The number of nitrogens with two attached hydrogens (primary N) is 1. The van der Waals surface area contributed by atoms with Gasteiger partial charge in [0.05, 0.1) is 6.61 Å². The smallest absolute Gasteiger partial charge is 0.167 e. The fourth-order valence-electron chi connectivity index (χ4n) is 1.39. The van der Waals surface area contributed by atoms with Crippen molar-refractivity contribution in [2.24, 2.45) is 7.05 Å². The number of benzene rings is 1. The molecule has 0 radical (unpaired) electrons. The van der Waals surface area contributed by atoms with Crippen molar-refractivity contribution in [3.63, 3.8) is 0 Å². The number of imidazole rings is 1. The van der Waals surface area contributed by atoms with E-state index >= 15 is 0 Å². The number of anilines is 1. The van der Waals surface area contributed by atoms with Crippen LogP contribution in [0, 0.1) is 0 Å². The second-order valence-corrected chi connectivity index (χ2v) is 4.65. The number of nitrogens with zero attached hydrogens (tertiary/aromatic N) is 2. The molecule has 1 heterocycles. The summed E-state index contributed by atoms with van der Waals surface area (Å²) < 4.78 is 7.58. The molecule has 0 atom stereocenters. The Morgan fingerprint density at radius 2 is 2.35 bits per heavy atom. The van der Waals surface area contributed by atoms with Gasteiger partial charge in [0, 0.05) is 36.9 Å². The Bertz CT molecular complexity index is 484. The second kappa shape index (κ2) is 5.63. The molecule has 0 spiro atoms. The van der Waals surface area contributed by atoms with Gasteiger partial charge in [0.2, 0.25) is 0 Å². The van der Waals surface area contributed by atoms with Crippen LogP contribution in [0.4, 0.5) is 5.69 Å². The van der Waals surface area contributed by atoms with E-state index in [-0.39, 0.29) is 0 Å². The van der Waals surface area contributed by atoms with Crippen LogP contribution < -0.4 is 10.5 Å². The lowest BCUT2D eigenvalue weighted by Crippen LogP contribution is -2.01. The average molecular weight is 249 g/mol. The standard InChI is InChI=1S/C12H15N3OS/c1-15-6-5-14-12(15)17-8-7-16-11-4-2-3-10(13)9-11/h2-6,9H,7-8,13H2,1H3. The fourth-order valence-corrected chi connectivity index (χ4v) is 2.14. The second-order valence-electron chi connectivity index (χ2n) is 3.59. The Kier molecular flexibility index (Phi) is 3.93. The van der Waals surface area contributed by atoms with E-state index < -0.39 is 0 Å². The van der Waals surface area contributed by atoms with Crippen LogP contribution in [-0.4, -0.2) is 21.9 Å². The molecule has 0 aliphatic carbocycles. The zero-order valence-corrected chi connectivity index (χ0v) is 10.5. The molecule has 0 aliphatic rings. The van der Waals surface area contributed by atoms with E-state index in [1.54, 1.807) is 18.0 Å². The minimum absolute atomic E-state index is 0.640. The number of aryl methyl sites for hydroxylation is 1. The summed E-state index contributed by atoms with van der Waals surface area (Å²) in [4.78, 5) is 4.22. The monoisotopic (exact) mass is 249 g/mol. The maximum absolute atomic E-state index is 5.66. The SMILES string of the molecule is Cn1ccnc1SCCOc1cccc(N)c1. The number of nitrogen functional groups attached to an aromatic ring is 1. The molecule has 17 heavy (non-hydrogen) atoms. The van der Waals surface area contributed by atoms with E-state index in [9.17, 15) is 0 Å². The van der Waals surface area contributed by atoms with Gasteiger partial charge in [0.1, 0.15) is 5.75 Å². The van der Waals surface area contributed by atoms with Gasteiger partial charge in [-0.3, -0.25) is 0 Å². The van der Waals surface area contributed by atoms with E-state index in [4.69, 9.17) is 10.5 Å². The van der Waals surface area contributed by atoms with Gasteiger partial charge in [-0.25, -0.2) is 4.98 Å². The highest BCUT2D eigenvalue weighted by Crippen LogP contribution is 2.17. The van der Waals surface area contributed by atoms with Crippen molar-refractivity contribution in [2.45, 2.75) is 5.16 Å². The van der Waals surface area contributed by atoms with Crippen LogP contribution in [0.3, 0.4) is 0 Å². The topological polar surface area (TPSA) is 53.1 Å². The molecule has 90 valence electrons. The summed E-state index contributed by atoms with van der Waals surface area (Å²) in [7, 11) is 1.98. The molecule has 0 saturated carbocycles. The molecular weight excluding hydrogens is 234 g/mol. The van der Waals surface area contributed by atoms with Crippen LogP contribution in [0.5, 0.6) is 5.75 Å². The summed E-state index contributed by atoms with van der Waals surface area (Å²) in [6.07, 6.45) is 3.72. The van der Waals surface area contributed by atoms with Gasteiger partial charge in [0.25, 0.3) is 0 Å². The fraction of sp³-hybridized carbons (Fsp3) is 0.250. The van der Waals surface area contributed by atoms with Crippen molar-refractivity contribution in [3.8, 4) is 5.75 Å². The molecule has 0 aliphatic heterocycles. The Labute approximate surface area is 105 Å². The van der Waals surface area contributed by atoms with Crippen molar-refractivity contribution < 1.29 is 4.74 Å². The summed E-state index contributed by atoms with van der Waals surface area (Å²) in [6, 6.07) is 7.46. The van der Waals surface area contributed by atoms with Crippen LogP contribution in [-0.2, 0) is 7.05 Å². The zero-order chi connectivity index (χ0) is 12.1. The van der Waals surface area contributed by atoms with Gasteiger partial charge in [-0.2, -0.15) is 0 Å². The molecule has 0 fully saturated rings. The molecule has 1 aromatic heterocycles. The first-order valence-electron chi connectivity index (χ1n) is 5.34. The molecular formula is C12H15N3OS. The summed E-state index contributed by atoms with van der Waals surface area (Å²) in [5.41, 5.74) is 6.38. The lowest BCUT2D eigenvalue weighted by molar-refractivity contribution is 0.344. The van der Waals surface area contributed by atoms with Gasteiger partial charge in [-0.15, -0.1) is 0 Å². The number of thioether (sulfide) groups is 1. The maximum Gasteiger partial charge on any atom is 0.167 e. The predicted octanol–water partition coefficient (Wildman–Crippen LogP) is 2.17. The largest absolute Gasteiger partial charge is 0.493 e. The summed E-state index contributed by atoms with van der Waals surface area (Å²) >= 11 is 1.67.